The highest BCUT2D eigenvalue weighted by Crippen LogP contribution is 2.68. The van der Waals surface area contributed by atoms with Crippen molar-refractivity contribution < 1.29 is 4.79 Å². The zero-order valence-corrected chi connectivity index (χ0v) is 12.2. The zero-order valence-electron chi connectivity index (χ0n) is 12.2. The minimum Gasteiger partial charge on any atom is -0.353 e. The molecule has 1 amide bonds. The number of nitrogens with one attached hydrogen (secondary N) is 1. The van der Waals surface area contributed by atoms with Gasteiger partial charge in [-0.1, -0.05) is 20.8 Å². The number of carbonyl (C=O) groups is 1. The molecule has 3 aliphatic rings. The normalized spacial score (nSPS) is 53.8. The lowest BCUT2D eigenvalue weighted by Crippen LogP contribution is -2.52. The van der Waals surface area contributed by atoms with Crippen molar-refractivity contribution in [2.45, 2.75) is 58.9 Å². The summed E-state index contributed by atoms with van der Waals surface area (Å²) >= 11 is 0. The first kappa shape index (κ1) is 12.5. The maximum absolute atomic E-state index is 10.9. The highest BCUT2D eigenvalue weighted by molar-refractivity contribution is 5.48. The van der Waals surface area contributed by atoms with Gasteiger partial charge in [0.2, 0.25) is 6.41 Å². The van der Waals surface area contributed by atoms with Gasteiger partial charge < -0.3 is 5.32 Å². The quantitative estimate of drug-likeness (QED) is 0.765. The van der Waals surface area contributed by atoms with Crippen LogP contribution in [0.2, 0.25) is 0 Å². The first-order valence-corrected chi connectivity index (χ1v) is 7.61. The summed E-state index contributed by atoms with van der Waals surface area (Å²) in [6.07, 6.45) is 6.24. The number of carbonyl (C=O) groups excluding carboxylic acids is 1. The van der Waals surface area contributed by atoms with E-state index in [1.807, 2.05) is 0 Å². The molecule has 0 radical (unpaired) electrons. The molecule has 3 rings (SSSR count). The minimum absolute atomic E-state index is 0.0637. The van der Waals surface area contributed by atoms with E-state index in [0.717, 1.165) is 30.1 Å². The van der Waals surface area contributed by atoms with Crippen LogP contribution in [0.4, 0.5) is 0 Å². The SMILES string of the molecule is CC(C)[C@@H]1C[C@]2(C)C[C@H]3C[C@@H]2[C@@H]1C[C@]3(C)NC=O. The van der Waals surface area contributed by atoms with Crippen LogP contribution in [0.15, 0.2) is 0 Å². The Morgan fingerprint density at radius 1 is 1.22 bits per heavy atom. The van der Waals surface area contributed by atoms with E-state index in [1.165, 1.54) is 25.7 Å². The Labute approximate surface area is 111 Å². The number of fused-ring (bicyclic) bond motifs is 1. The third-order valence-electron chi connectivity index (χ3n) is 6.72. The third-order valence-corrected chi connectivity index (χ3v) is 6.72. The molecule has 0 unspecified atom stereocenters. The molecule has 2 bridgehead atoms. The van der Waals surface area contributed by atoms with Crippen LogP contribution in [-0.4, -0.2) is 11.9 Å². The molecular formula is C16H27NO. The summed E-state index contributed by atoms with van der Waals surface area (Å²) in [4.78, 5) is 10.9. The maximum atomic E-state index is 10.9. The van der Waals surface area contributed by atoms with Crippen molar-refractivity contribution in [2.24, 2.45) is 35.0 Å². The molecule has 1 N–H and O–H groups in total. The van der Waals surface area contributed by atoms with E-state index in [0.29, 0.717) is 11.3 Å². The molecule has 102 valence electrons. The van der Waals surface area contributed by atoms with Gasteiger partial charge in [-0.05, 0) is 67.6 Å². The summed E-state index contributed by atoms with van der Waals surface area (Å²) in [7, 11) is 0. The van der Waals surface area contributed by atoms with Crippen LogP contribution in [0.1, 0.15) is 53.4 Å². The number of hydrogen-bond donors (Lipinski definition) is 1. The molecule has 0 heterocycles. The van der Waals surface area contributed by atoms with Gasteiger partial charge in [-0.25, -0.2) is 0 Å². The maximum Gasteiger partial charge on any atom is 0.207 e. The summed E-state index contributed by atoms with van der Waals surface area (Å²) < 4.78 is 0. The minimum atomic E-state index is 0.0637. The van der Waals surface area contributed by atoms with Gasteiger partial charge in [-0.15, -0.1) is 0 Å². The van der Waals surface area contributed by atoms with Crippen LogP contribution in [0, 0.1) is 35.0 Å². The van der Waals surface area contributed by atoms with Gasteiger partial charge in [0.05, 0.1) is 0 Å². The zero-order chi connectivity index (χ0) is 13.1. The van der Waals surface area contributed by atoms with Crippen LogP contribution < -0.4 is 5.32 Å². The van der Waals surface area contributed by atoms with Gasteiger partial charge in [-0.2, -0.15) is 0 Å². The van der Waals surface area contributed by atoms with E-state index in [4.69, 9.17) is 0 Å². The molecule has 0 spiro atoms. The number of amides is 1. The highest BCUT2D eigenvalue weighted by atomic mass is 16.1. The molecule has 2 nitrogen and oxygen atoms in total. The van der Waals surface area contributed by atoms with Gasteiger partial charge in [0.25, 0.3) is 0 Å². The van der Waals surface area contributed by atoms with Gasteiger partial charge in [0.1, 0.15) is 0 Å². The lowest BCUT2D eigenvalue weighted by molar-refractivity contribution is -0.112. The average molecular weight is 249 g/mol. The van der Waals surface area contributed by atoms with Crippen molar-refractivity contribution >= 4 is 6.41 Å². The van der Waals surface area contributed by atoms with Gasteiger partial charge in [0.15, 0.2) is 0 Å². The standard InChI is InChI=1S/C16H27NO/c1-10(2)12-7-15(3)6-11-5-14(15)13(12)8-16(11,4)17-9-18/h9-14H,5-8H2,1-4H3,(H,17,18)/t11-,12+,13-,14-,15+,16+/m1/s1. The van der Waals surface area contributed by atoms with E-state index < -0.39 is 0 Å². The Bertz CT molecular complexity index is 366. The molecule has 3 aliphatic carbocycles. The number of hydrogen-bond acceptors (Lipinski definition) is 1. The average Bonchev–Trinajstić information content (AvgIpc) is 2.70. The lowest BCUT2D eigenvalue weighted by atomic mass is 9.65. The molecule has 2 heteroatoms. The van der Waals surface area contributed by atoms with Crippen molar-refractivity contribution in [3.8, 4) is 0 Å². The lowest BCUT2D eigenvalue weighted by Gasteiger charge is -2.45. The molecule has 0 aromatic carbocycles. The van der Waals surface area contributed by atoms with Crippen molar-refractivity contribution in [3.05, 3.63) is 0 Å². The molecular weight excluding hydrogens is 222 g/mol. The first-order chi connectivity index (χ1) is 8.39. The first-order valence-electron chi connectivity index (χ1n) is 7.61. The summed E-state index contributed by atoms with van der Waals surface area (Å²) in [5.74, 6) is 4.13. The van der Waals surface area contributed by atoms with Crippen LogP contribution >= 0.6 is 0 Å². The smallest absolute Gasteiger partial charge is 0.207 e. The Morgan fingerprint density at radius 3 is 2.56 bits per heavy atom. The molecule has 6 atom stereocenters. The second-order valence-electron chi connectivity index (χ2n) is 8.06. The fourth-order valence-corrected chi connectivity index (χ4v) is 5.78. The second-order valence-corrected chi connectivity index (χ2v) is 8.06. The predicted molar refractivity (Wildman–Crippen MR) is 73.0 cm³/mol. The molecule has 0 aromatic rings. The predicted octanol–water partition coefficient (Wildman–Crippen LogP) is 3.22. The van der Waals surface area contributed by atoms with E-state index in [-0.39, 0.29) is 5.54 Å². The highest BCUT2D eigenvalue weighted by Gasteiger charge is 2.63. The topological polar surface area (TPSA) is 29.1 Å². The van der Waals surface area contributed by atoms with Gasteiger partial charge in [-0.3, -0.25) is 4.79 Å². The van der Waals surface area contributed by atoms with Crippen molar-refractivity contribution in [1.29, 1.82) is 0 Å². The third kappa shape index (κ3) is 1.50. The fraction of sp³-hybridized carbons (Fsp3) is 0.938. The van der Waals surface area contributed by atoms with Crippen molar-refractivity contribution in [2.75, 3.05) is 0 Å². The fourth-order valence-electron chi connectivity index (χ4n) is 5.78. The van der Waals surface area contributed by atoms with Crippen molar-refractivity contribution in [3.63, 3.8) is 0 Å². The van der Waals surface area contributed by atoms with Crippen LogP contribution in [0.25, 0.3) is 0 Å². The Morgan fingerprint density at radius 2 is 1.94 bits per heavy atom. The summed E-state index contributed by atoms with van der Waals surface area (Å²) in [5, 5.41) is 3.17. The monoisotopic (exact) mass is 249 g/mol. The van der Waals surface area contributed by atoms with Crippen LogP contribution in [0.3, 0.4) is 0 Å². The van der Waals surface area contributed by atoms with Crippen LogP contribution in [0.5, 0.6) is 0 Å². The Hall–Kier alpha value is -0.530. The van der Waals surface area contributed by atoms with Gasteiger partial charge >= 0.3 is 0 Å². The summed E-state index contributed by atoms with van der Waals surface area (Å²) in [6, 6.07) is 0. The molecule has 3 saturated carbocycles. The van der Waals surface area contributed by atoms with Crippen molar-refractivity contribution in [1.82, 2.24) is 5.32 Å². The van der Waals surface area contributed by atoms with E-state index in [9.17, 15) is 4.79 Å². The van der Waals surface area contributed by atoms with E-state index >= 15 is 0 Å². The van der Waals surface area contributed by atoms with E-state index in [1.54, 1.807) is 0 Å². The summed E-state index contributed by atoms with van der Waals surface area (Å²) in [6.45, 7) is 9.56. The van der Waals surface area contributed by atoms with Crippen LogP contribution in [-0.2, 0) is 4.79 Å². The largest absolute Gasteiger partial charge is 0.353 e. The molecule has 0 aromatic heterocycles. The van der Waals surface area contributed by atoms with Gasteiger partial charge in [0, 0.05) is 5.54 Å². The molecule has 18 heavy (non-hydrogen) atoms. The second kappa shape index (κ2) is 3.74. The molecule has 0 aliphatic heterocycles. The Balaban J connectivity index is 1.93. The Kier molecular flexibility index (Phi) is 2.60. The molecule has 0 saturated heterocycles. The summed E-state index contributed by atoms with van der Waals surface area (Å²) in [5.41, 5.74) is 0.626. The van der Waals surface area contributed by atoms with E-state index in [2.05, 4.69) is 33.0 Å². The number of rotatable bonds is 3. The molecule has 3 fully saturated rings.